The Morgan fingerprint density at radius 2 is 2.24 bits per heavy atom. The summed E-state index contributed by atoms with van der Waals surface area (Å²) in [5, 5.41) is 3.73. The molecule has 0 aliphatic heterocycles. The molecule has 2 rings (SSSR count). The molecule has 0 saturated heterocycles. The van der Waals surface area contributed by atoms with Crippen LogP contribution < -0.4 is 5.32 Å². The second-order valence-electron chi connectivity index (χ2n) is 3.61. The molecule has 0 aliphatic rings. The van der Waals surface area contributed by atoms with Gasteiger partial charge in [-0.2, -0.15) is 0 Å². The Morgan fingerprint density at radius 3 is 3.06 bits per heavy atom. The number of benzene rings is 1. The zero-order valence-electron chi connectivity index (χ0n) is 9.64. The fourth-order valence-corrected chi connectivity index (χ4v) is 1.57. The van der Waals surface area contributed by atoms with E-state index in [0.29, 0.717) is 13.2 Å². The van der Waals surface area contributed by atoms with E-state index >= 15 is 0 Å². The molecule has 0 aliphatic carbocycles. The molecule has 17 heavy (non-hydrogen) atoms. The van der Waals surface area contributed by atoms with Crippen molar-refractivity contribution in [3.8, 4) is 0 Å². The maximum Gasteiger partial charge on any atom is 0.407 e. The smallest absolute Gasteiger partial charge is 0.407 e. The number of nitrogens with one attached hydrogen (secondary N) is 1. The number of rotatable bonds is 3. The number of hydrogen-bond donors (Lipinski definition) is 1. The van der Waals surface area contributed by atoms with E-state index in [-0.39, 0.29) is 0 Å². The van der Waals surface area contributed by atoms with Crippen molar-refractivity contribution < 1.29 is 9.53 Å². The molecule has 0 radical (unpaired) electrons. The Morgan fingerprint density at radius 1 is 1.41 bits per heavy atom. The Balaban J connectivity index is 2.06. The predicted molar refractivity (Wildman–Crippen MR) is 65.6 cm³/mol. The summed E-state index contributed by atoms with van der Waals surface area (Å²) in [6, 6.07) is 9.88. The lowest BCUT2D eigenvalue weighted by Gasteiger charge is -2.05. The van der Waals surface area contributed by atoms with Gasteiger partial charge in [-0.1, -0.05) is 18.2 Å². The molecule has 0 atom stereocenters. The molecule has 0 fully saturated rings. The molecule has 0 saturated carbocycles. The van der Waals surface area contributed by atoms with Gasteiger partial charge in [-0.3, -0.25) is 4.98 Å². The Bertz CT molecular complexity index is 526. The van der Waals surface area contributed by atoms with Crippen molar-refractivity contribution in [1.29, 1.82) is 0 Å². The van der Waals surface area contributed by atoms with Gasteiger partial charge in [-0.25, -0.2) is 4.79 Å². The molecule has 0 bridgehead atoms. The average molecular weight is 230 g/mol. The van der Waals surface area contributed by atoms with Crippen molar-refractivity contribution in [3.05, 3.63) is 42.1 Å². The first kappa shape index (κ1) is 11.4. The minimum atomic E-state index is -0.402. The normalized spacial score (nSPS) is 10.2. The molecule has 2 aromatic rings. The van der Waals surface area contributed by atoms with Crippen LogP contribution in [0.1, 0.15) is 12.5 Å². The first-order chi connectivity index (χ1) is 8.29. The number of ether oxygens (including phenoxy) is 1. The number of alkyl carbamates (subject to hydrolysis) is 1. The third kappa shape index (κ3) is 2.93. The summed E-state index contributed by atoms with van der Waals surface area (Å²) in [6.45, 7) is 2.58. The second kappa shape index (κ2) is 5.30. The van der Waals surface area contributed by atoms with Crippen molar-refractivity contribution in [3.63, 3.8) is 0 Å². The molecular formula is C13H14N2O2. The topological polar surface area (TPSA) is 51.2 Å². The lowest BCUT2D eigenvalue weighted by Crippen LogP contribution is -2.23. The quantitative estimate of drug-likeness (QED) is 0.881. The fourth-order valence-electron chi connectivity index (χ4n) is 1.57. The highest BCUT2D eigenvalue weighted by Crippen LogP contribution is 2.12. The van der Waals surface area contributed by atoms with Crippen molar-refractivity contribution in [2.75, 3.05) is 6.61 Å². The van der Waals surface area contributed by atoms with Gasteiger partial charge in [0, 0.05) is 18.1 Å². The van der Waals surface area contributed by atoms with Crippen molar-refractivity contribution in [2.24, 2.45) is 0 Å². The number of para-hydroxylation sites is 1. The van der Waals surface area contributed by atoms with E-state index in [9.17, 15) is 4.79 Å². The number of carbonyl (C=O) groups is 1. The maximum absolute atomic E-state index is 11.1. The van der Waals surface area contributed by atoms with Crippen molar-refractivity contribution in [1.82, 2.24) is 10.3 Å². The molecule has 0 unspecified atom stereocenters. The summed E-state index contributed by atoms with van der Waals surface area (Å²) in [6.07, 6.45) is 1.36. The van der Waals surface area contributed by atoms with Gasteiger partial charge >= 0.3 is 6.09 Å². The number of carbonyl (C=O) groups excluding carboxylic acids is 1. The van der Waals surface area contributed by atoms with Crippen LogP contribution >= 0.6 is 0 Å². The number of amides is 1. The first-order valence-electron chi connectivity index (χ1n) is 5.54. The molecule has 1 N–H and O–H groups in total. The Hall–Kier alpha value is -2.10. The van der Waals surface area contributed by atoms with Gasteiger partial charge < -0.3 is 10.1 Å². The predicted octanol–water partition coefficient (Wildman–Crippen LogP) is 2.48. The number of pyridine rings is 1. The van der Waals surface area contributed by atoms with Gasteiger partial charge in [-0.05, 0) is 24.6 Å². The summed E-state index contributed by atoms with van der Waals surface area (Å²) < 4.78 is 4.78. The zero-order valence-corrected chi connectivity index (χ0v) is 9.64. The van der Waals surface area contributed by atoms with Gasteiger partial charge in [0.15, 0.2) is 0 Å². The minimum absolute atomic E-state index is 0.377. The average Bonchev–Trinajstić information content (AvgIpc) is 2.36. The summed E-state index contributed by atoms with van der Waals surface area (Å²) >= 11 is 0. The fraction of sp³-hybridized carbons (Fsp3) is 0.231. The largest absolute Gasteiger partial charge is 0.450 e. The molecule has 1 aromatic carbocycles. The van der Waals surface area contributed by atoms with Crippen molar-refractivity contribution >= 4 is 17.0 Å². The van der Waals surface area contributed by atoms with Crippen LogP contribution in [0.2, 0.25) is 0 Å². The highest BCUT2D eigenvalue weighted by Gasteiger charge is 2.01. The maximum atomic E-state index is 11.1. The summed E-state index contributed by atoms with van der Waals surface area (Å²) in [5.74, 6) is 0. The van der Waals surface area contributed by atoms with Gasteiger partial charge in [0.1, 0.15) is 0 Å². The third-order valence-electron chi connectivity index (χ3n) is 2.36. The molecule has 1 aromatic heterocycles. The van der Waals surface area contributed by atoms with E-state index in [1.807, 2.05) is 30.3 Å². The van der Waals surface area contributed by atoms with E-state index in [1.165, 1.54) is 0 Å². The van der Waals surface area contributed by atoms with Crippen LogP contribution in [0.5, 0.6) is 0 Å². The number of nitrogens with zero attached hydrogens (tertiary/aromatic N) is 1. The van der Waals surface area contributed by atoms with Gasteiger partial charge in [0.25, 0.3) is 0 Å². The van der Waals surface area contributed by atoms with Crippen LogP contribution in [0.25, 0.3) is 10.9 Å². The molecule has 0 spiro atoms. The lowest BCUT2D eigenvalue weighted by atomic mass is 10.1. The lowest BCUT2D eigenvalue weighted by molar-refractivity contribution is 0.151. The van der Waals surface area contributed by atoms with Crippen LogP contribution in [0.4, 0.5) is 4.79 Å². The standard InChI is InChI=1S/C13H14N2O2/c1-2-17-13(16)15-9-10-7-11-5-3-4-6-12(11)14-8-10/h3-8H,2,9H2,1H3,(H,15,16). The third-order valence-corrected chi connectivity index (χ3v) is 2.36. The monoisotopic (exact) mass is 230 g/mol. The second-order valence-corrected chi connectivity index (χ2v) is 3.61. The highest BCUT2D eigenvalue weighted by atomic mass is 16.5. The molecule has 88 valence electrons. The van der Waals surface area contributed by atoms with Gasteiger partial charge in [0.2, 0.25) is 0 Å². The van der Waals surface area contributed by atoms with E-state index in [1.54, 1.807) is 13.1 Å². The van der Waals surface area contributed by atoms with Crippen LogP contribution in [0.3, 0.4) is 0 Å². The number of fused-ring (bicyclic) bond motifs is 1. The summed E-state index contributed by atoms with van der Waals surface area (Å²) in [7, 11) is 0. The van der Waals surface area contributed by atoms with E-state index in [4.69, 9.17) is 4.74 Å². The molecule has 1 amide bonds. The van der Waals surface area contributed by atoms with Crippen LogP contribution in [0, 0.1) is 0 Å². The molecule has 4 heteroatoms. The molecular weight excluding hydrogens is 216 g/mol. The van der Waals surface area contributed by atoms with E-state index in [2.05, 4.69) is 10.3 Å². The molecule has 1 heterocycles. The SMILES string of the molecule is CCOC(=O)NCc1cnc2ccccc2c1. The van der Waals surface area contributed by atoms with E-state index in [0.717, 1.165) is 16.5 Å². The highest BCUT2D eigenvalue weighted by molar-refractivity contribution is 5.78. The first-order valence-corrected chi connectivity index (χ1v) is 5.54. The van der Waals surface area contributed by atoms with Gasteiger partial charge in [0.05, 0.1) is 12.1 Å². The van der Waals surface area contributed by atoms with Crippen LogP contribution in [-0.2, 0) is 11.3 Å². The number of hydrogen-bond acceptors (Lipinski definition) is 3. The summed E-state index contributed by atoms with van der Waals surface area (Å²) in [5.41, 5.74) is 1.91. The molecule has 4 nitrogen and oxygen atoms in total. The zero-order chi connectivity index (χ0) is 12.1. The summed E-state index contributed by atoms with van der Waals surface area (Å²) in [4.78, 5) is 15.4. The van der Waals surface area contributed by atoms with E-state index < -0.39 is 6.09 Å². The Labute approximate surface area is 99.6 Å². The Kier molecular flexibility index (Phi) is 3.55. The van der Waals surface area contributed by atoms with Crippen LogP contribution in [0.15, 0.2) is 36.5 Å². The van der Waals surface area contributed by atoms with Crippen molar-refractivity contribution in [2.45, 2.75) is 13.5 Å². The minimum Gasteiger partial charge on any atom is -0.450 e. The van der Waals surface area contributed by atoms with Crippen LogP contribution in [-0.4, -0.2) is 17.7 Å². The van der Waals surface area contributed by atoms with Gasteiger partial charge in [-0.15, -0.1) is 0 Å². The number of aromatic nitrogens is 1.